The van der Waals surface area contributed by atoms with Crippen molar-refractivity contribution in [2.45, 2.75) is 18.4 Å². The van der Waals surface area contributed by atoms with Crippen molar-refractivity contribution in [2.24, 2.45) is 0 Å². The largest absolute Gasteiger partial charge is 0.481 e. The molecule has 3 amide bonds. The van der Waals surface area contributed by atoms with Crippen molar-refractivity contribution in [1.29, 1.82) is 0 Å². The molecule has 1 aromatic rings. The molecular formula is C14H17N3O4. The molecule has 0 bridgehead atoms. The van der Waals surface area contributed by atoms with Crippen LogP contribution in [0.2, 0.25) is 0 Å². The number of carbonyl (C=O) groups excluding carboxylic acids is 2. The number of carboxylic acid groups (broad SMARTS) is 1. The van der Waals surface area contributed by atoms with E-state index in [-0.39, 0.29) is 24.9 Å². The number of rotatable bonds is 5. The Hall–Kier alpha value is -2.57. The SMILES string of the molecule is O=C1CC(NC(=O)NCC(C(=O)O)c2ccccc2)CN1. The van der Waals surface area contributed by atoms with E-state index in [2.05, 4.69) is 16.0 Å². The number of benzene rings is 1. The summed E-state index contributed by atoms with van der Waals surface area (Å²) >= 11 is 0. The van der Waals surface area contributed by atoms with Crippen LogP contribution in [0.15, 0.2) is 30.3 Å². The Morgan fingerprint density at radius 2 is 2.05 bits per heavy atom. The predicted octanol–water partition coefficient (Wildman–Crippen LogP) is 0.0425. The Morgan fingerprint density at radius 3 is 2.62 bits per heavy atom. The molecular weight excluding hydrogens is 274 g/mol. The number of carbonyl (C=O) groups is 3. The summed E-state index contributed by atoms with van der Waals surface area (Å²) in [5.74, 6) is -1.91. The normalized spacial score (nSPS) is 18.7. The van der Waals surface area contributed by atoms with Crippen LogP contribution in [0.5, 0.6) is 0 Å². The highest BCUT2D eigenvalue weighted by molar-refractivity contribution is 5.82. The summed E-state index contributed by atoms with van der Waals surface area (Å²) in [4.78, 5) is 34.0. The number of carboxylic acids is 1. The summed E-state index contributed by atoms with van der Waals surface area (Å²) < 4.78 is 0. The topological polar surface area (TPSA) is 108 Å². The average Bonchev–Trinajstić information content (AvgIpc) is 2.85. The van der Waals surface area contributed by atoms with Gasteiger partial charge >= 0.3 is 12.0 Å². The molecule has 2 unspecified atom stereocenters. The first-order valence-electron chi connectivity index (χ1n) is 6.65. The molecule has 1 aliphatic rings. The molecule has 21 heavy (non-hydrogen) atoms. The van der Waals surface area contributed by atoms with Crippen LogP contribution in [0.4, 0.5) is 4.79 Å². The van der Waals surface area contributed by atoms with Crippen molar-refractivity contribution in [3.8, 4) is 0 Å². The summed E-state index contributed by atoms with van der Waals surface area (Å²) in [5.41, 5.74) is 0.628. The number of hydrogen-bond acceptors (Lipinski definition) is 3. The Kier molecular flexibility index (Phi) is 4.76. The van der Waals surface area contributed by atoms with Crippen LogP contribution in [-0.4, -0.2) is 42.1 Å². The van der Waals surface area contributed by atoms with Gasteiger partial charge in [0.05, 0.1) is 12.0 Å². The lowest BCUT2D eigenvalue weighted by atomic mass is 9.99. The Morgan fingerprint density at radius 1 is 1.33 bits per heavy atom. The molecule has 1 aliphatic heterocycles. The van der Waals surface area contributed by atoms with Gasteiger partial charge in [-0.1, -0.05) is 30.3 Å². The van der Waals surface area contributed by atoms with E-state index in [0.717, 1.165) is 0 Å². The Balaban J connectivity index is 1.86. The first-order valence-corrected chi connectivity index (χ1v) is 6.65. The standard InChI is InChI=1S/C14H17N3O4/c18-12-6-10(7-15-12)17-14(21)16-8-11(13(19)20)9-4-2-1-3-5-9/h1-5,10-11H,6-8H2,(H,15,18)(H,19,20)(H2,16,17,21). The third-order valence-electron chi connectivity index (χ3n) is 3.28. The molecule has 7 nitrogen and oxygen atoms in total. The third kappa shape index (κ3) is 4.20. The van der Waals surface area contributed by atoms with Gasteiger partial charge in [0.2, 0.25) is 5.91 Å². The zero-order valence-corrected chi connectivity index (χ0v) is 11.3. The summed E-state index contributed by atoms with van der Waals surface area (Å²) in [6.45, 7) is 0.382. The molecule has 2 atom stereocenters. The van der Waals surface area contributed by atoms with Gasteiger partial charge in [0.25, 0.3) is 0 Å². The van der Waals surface area contributed by atoms with Gasteiger partial charge < -0.3 is 21.1 Å². The predicted molar refractivity (Wildman–Crippen MR) is 74.8 cm³/mol. The monoisotopic (exact) mass is 291 g/mol. The van der Waals surface area contributed by atoms with Gasteiger partial charge in [-0.05, 0) is 5.56 Å². The van der Waals surface area contributed by atoms with E-state index in [1.54, 1.807) is 30.3 Å². The summed E-state index contributed by atoms with van der Waals surface area (Å²) in [7, 11) is 0. The lowest BCUT2D eigenvalue weighted by Gasteiger charge is -2.16. The number of urea groups is 1. The zero-order chi connectivity index (χ0) is 15.2. The molecule has 4 N–H and O–H groups in total. The highest BCUT2D eigenvalue weighted by Crippen LogP contribution is 2.14. The molecule has 112 valence electrons. The number of aliphatic carboxylic acids is 1. The smallest absolute Gasteiger partial charge is 0.315 e. The first kappa shape index (κ1) is 14.8. The van der Waals surface area contributed by atoms with Gasteiger partial charge in [-0.15, -0.1) is 0 Å². The second-order valence-corrected chi connectivity index (χ2v) is 4.86. The highest BCUT2D eigenvalue weighted by Gasteiger charge is 2.24. The van der Waals surface area contributed by atoms with Crippen molar-refractivity contribution in [3.63, 3.8) is 0 Å². The van der Waals surface area contributed by atoms with E-state index < -0.39 is 17.9 Å². The van der Waals surface area contributed by atoms with Crippen LogP contribution in [0.3, 0.4) is 0 Å². The Labute approximate surface area is 121 Å². The van der Waals surface area contributed by atoms with E-state index in [1.165, 1.54) is 0 Å². The van der Waals surface area contributed by atoms with Gasteiger partial charge in [-0.2, -0.15) is 0 Å². The summed E-state index contributed by atoms with van der Waals surface area (Å²) in [6.07, 6.45) is 0.245. The van der Waals surface area contributed by atoms with Crippen LogP contribution in [0.25, 0.3) is 0 Å². The van der Waals surface area contributed by atoms with Crippen LogP contribution < -0.4 is 16.0 Å². The molecule has 7 heteroatoms. The van der Waals surface area contributed by atoms with Crippen molar-refractivity contribution in [3.05, 3.63) is 35.9 Å². The molecule has 1 aromatic carbocycles. The summed E-state index contributed by atoms with van der Waals surface area (Å²) in [5, 5.41) is 17.0. The maximum absolute atomic E-state index is 11.7. The minimum Gasteiger partial charge on any atom is -0.481 e. The van der Waals surface area contributed by atoms with Crippen molar-refractivity contribution >= 4 is 17.9 Å². The fourth-order valence-corrected chi connectivity index (χ4v) is 2.17. The fourth-order valence-electron chi connectivity index (χ4n) is 2.17. The van der Waals surface area contributed by atoms with Crippen LogP contribution in [0, 0.1) is 0 Å². The molecule has 2 rings (SSSR count). The quantitative estimate of drug-likeness (QED) is 0.614. The molecule has 1 heterocycles. The average molecular weight is 291 g/mol. The second-order valence-electron chi connectivity index (χ2n) is 4.86. The van der Waals surface area contributed by atoms with Crippen LogP contribution >= 0.6 is 0 Å². The highest BCUT2D eigenvalue weighted by atomic mass is 16.4. The molecule has 0 saturated carbocycles. The lowest BCUT2D eigenvalue weighted by molar-refractivity contribution is -0.138. The van der Waals surface area contributed by atoms with E-state index >= 15 is 0 Å². The maximum atomic E-state index is 11.7. The van der Waals surface area contributed by atoms with Crippen molar-refractivity contribution < 1.29 is 19.5 Å². The molecule has 1 saturated heterocycles. The number of amides is 3. The molecule has 0 spiro atoms. The zero-order valence-electron chi connectivity index (χ0n) is 11.3. The third-order valence-corrected chi connectivity index (χ3v) is 3.28. The molecule has 0 radical (unpaired) electrons. The van der Waals surface area contributed by atoms with Gasteiger partial charge in [0.1, 0.15) is 0 Å². The minimum atomic E-state index is -1.00. The molecule has 0 aliphatic carbocycles. The van der Waals surface area contributed by atoms with E-state index in [9.17, 15) is 19.5 Å². The van der Waals surface area contributed by atoms with Crippen molar-refractivity contribution in [1.82, 2.24) is 16.0 Å². The molecule has 0 aromatic heterocycles. The summed E-state index contributed by atoms with van der Waals surface area (Å²) in [6, 6.07) is 7.99. The Bertz CT molecular complexity index is 532. The first-order chi connectivity index (χ1) is 10.1. The minimum absolute atomic E-state index is 0.0146. The van der Waals surface area contributed by atoms with Crippen molar-refractivity contribution in [2.75, 3.05) is 13.1 Å². The van der Waals surface area contributed by atoms with Crippen LogP contribution in [-0.2, 0) is 9.59 Å². The molecule has 1 fully saturated rings. The fraction of sp³-hybridized carbons (Fsp3) is 0.357. The van der Waals surface area contributed by atoms with Gasteiger partial charge in [-0.25, -0.2) is 4.79 Å². The number of hydrogen-bond donors (Lipinski definition) is 4. The van der Waals surface area contributed by atoms with E-state index in [0.29, 0.717) is 12.1 Å². The lowest BCUT2D eigenvalue weighted by Crippen LogP contribution is -2.44. The number of nitrogens with one attached hydrogen (secondary N) is 3. The van der Waals surface area contributed by atoms with Gasteiger partial charge in [0, 0.05) is 19.5 Å². The van der Waals surface area contributed by atoms with Gasteiger partial charge in [-0.3, -0.25) is 9.59 Å². The second kappa shape index (κ2) is 6.74. The van der Waals surface area contributed by atoms with Crippen LogP contribution in [0.1, 0.15) is 17.9 Å². The van der Waals surface area contributed by atoms with Gasteiger partial charge in [0.15, 0.2) is 0 Å². The van der Waals surface area contributed by atoms with E-state index in [4.69, 9.17) is 0 Å². The van der Waals surface area contributed by atoms with E-state index in [1.807, 2.05) is 0 Å². The maximum Gasteiger partial charge on any atom is 0.315 e.